The van der Waals surface area contributed by atoms with Crippen LogP contribution in [0.25, 0.3) is 82.5 Å². The summed E-state index contributed by atoms with van der Waals surface area (Å²) >= 11 is 0. The molecule has 6 heterocycles. The van der Waals surface area contributed by atoms with Crippen molar-refractivity contribution in [1.29, 1.82) is 0 Å². The topological polar surface area (TPSA) is 14.8 Å². The third-order valence-corrected chi connectivity index (χ3v) is 17.9. The van der Waals surface area contributed by atoms with Crippen LogP contribution in [-0.2, 0) is 0 Å². The third-order valence-electron chi connectivity index (χ3n) is 17.9. The maximum atomic E-state index is 2.47. The predicted octanol–water partition coefficient (Wildman–Crippen LogP) is 11.8. The summed E-state index contributed by atoms with van der Waals surface area (Å²) in [5.74, 6) is 0. The largest absolute Gasteiger partial charge is 0.310 e. The van der Waals surface area contributed by atoms with Crippen molar-refractivity contribution in [3.8, 4) is 17.1 Å². The number of hydrogen-bond donors (Lipinski definition) is 0. The highest BCUT2D eigenvalue weighted by atomic mass is 15.0. The van der Waals surface area contributed by atoms with Crippen molar-refractivity contribution in [2.75, 3.05) is 0 Å². The van der Waals surface area contributed by atoms with E-state index in [1.54, 1.807) is 0 Å². The molecule has 3 aliphatic heterocycles. The molecule has 3 nitrogen and oxygen atoms in total. The Hall–Kier alpha value is -9.77. The average molecular weight is 1030 g/mol. The van der Waals surface area contributed by atoms with Crippen molar-refractivity contribution in [2.24, 2.45) is 0 Å². The second-order valence-electron chi connectivity index (χ2n) is 22.4. The van der Waals surface area contributed by atoms with Gasteiger partial charge in [-0.25, -0.2) is 0 Å². The molecule has 18 rings (SSSR count). The van der Waals surface area contributed by atoms with Crippen LogP contribution in [0.1, 0.15) is 16.7 Å². The fourth-order valence-corrected chi connectivity index (χ4v) is 14.6. The SMILES string of the molecule is Cc1cc2c3c(c1)c1ccccc1n3-c1ccccc1B2c1ccccc1.Cc1ccc2c3ccccc3n3c2c1B(c1ccccc1)c1ccccc1-3.Cc1ccccc1B1c2ccccc2-n2c3ccccc3c3cccc1c32. The molecule has 0 saturated heterocycles. The van der Waals surface area contributed by atoms with E-state index in [9.17, 15) is 0 Å². The number of benzene rings is 12. The molecule has 0 spiro atoms. The highest BCUT2D eigenvalue weighted by Crippen LogP contribution is 2.37. The highest BCUT2D eigenvalue weighted by Gasteiger charge is 2.37. The zero-order chi connectivity index (χ0) is 53.9. The van der Waals surface area contributed by atoms with Crippen LogP contribution in [-0.4, -0.2) is 33.8 Å². The van der Waals surface area contributed by atoms with Gasteiger partial charge >= 0.3 is 0 Å². The zero-order valence-electron chi connectivity index (χ0n) is 45.6. The van der Waals surface area contributed by atoms with Gasteiger partial charge in [-0.05, 0) is 96.0 Å². The molecule has 12 aromatic carbocycles. The van der Waals surface area contributed by atoms with E-state index in [1.807, 2.05) is 0 Å². The van der Waals surface area contributed by atoms with Crippen LogP contribution in [0.4, 0.5) is 0 Å². The van der Waals surface area contributed by atoms with Gasteiger partial charge in [0.2, 0.25) is 20.1 Å². The maximum Gasteiger partial charge on any atom is 0.247 e. The first-order valence-electron chi connectivity index (χ1n) is 28.5. The van der Waals surface area contributed by atoms with Crippen molar-refractivity contribution in [2.45, 2.75) is 20.8 Å². The summed E-state index contributed by atoms with van der Waals surface area (Å²) in [4.78, 5) is 0. The minimum Gasteiger partial charge on any atom is -0.310 e. The van der Waals surface area contributed by atoms with E-state index in [0.29, 0.717) is 0 Å². The first-order chi connectivity index (χ1) is 40.0. The van der Waals surface area contributed by atoms with E-state index in [2.05, 4.69) is 307 Å². The first-order valence-corrected chi connectivity index (χ1v) is 28.5. The Morgan fingerprint density at radius 1 is 0.247 bits per heavy atom. The van der Waals surface area contributed by atoms with Crippen LogP contribution in [0.15, 0.2) is 273 Å². The molecular weight excluding hydrogens is 975 g/mol. The molecule has 0 radical (unpaired) electrons. The highest BCUT2D eigenvalue weighted by molar-refractivity contribution is 6.99. The zero-order valence-corrected chi connectivity index (χ0v) is 45.6. The summed E-state index contributed by atoms with van der Waals surface area (Å²) in [7, 11) is 0. The molecular formula is C75H54B3N3. The van der Waals surface area contributed by atoms with E-state index in [1.165, 1.54) is 148 Å². The Balaban J connectivity index is 0.000000100. The second kappa shape index (κ2) is 18.7. The van der Waals surface area contributed by atoms with Gasteiger partial charge in [-0.15, -0.1) is 0 Å². The monoisotopic (exact) mass is 1030 g/mol. The van der Waals surface area contributed by atoms with E-state index < -0.39 is 0 Å². The molecule has 0 unspecified atom stereocenters. The lowest BCUT2D eigenvalue weighted by Gasteiger charge is -2.28. The Kier molecular flexibility index (Phi) is 10.9. The van der Waals surface area contributed by atoms with E-state index in [0.717, 1.165) is 0 Å². The van der Waals surface area contributed by atoms with Crippen molar-refractivity contribution in [1.82, 2.24) is 13.7 Å². The fraction of sp³-hybridized carbons (Fsp3) is 0.0400. The normalized spacial score (nSPS) is 12.6. The molecule has 0 fully saturated rings. The molecule has 0 amide bonds. The molecule has 81 heavy (non-hydrogen) atoms. The van der Waals surface area contributed by atoms with Crippen molar-refractivity contribution >= 4 is 135 Å². The standard InChI is InChI=1S/3C25H18BN/c1-17-9-2-4-12-20(17)26-21-13-5-7-16-24(21)27-23-15-6-3-10-18(23)19-11-8-14-22(26)25(19)27;1-17-15-20-19-11-5-7-13-23(19)27-24-14-8-6-12-21(24)26(22(16-17)25(20)27)18-9-3-2-4-10-18;1-17-15-16-20-19-11-5-7-13-22(19)27-23-14-8-6-12-21(23)26(24(17)25(20)27)18-9-3-2-4-10-18/h3*2-16H,1H3. The quantitative estimate of drug-likeness (QED) is 0.157. The van der Waals surface area contributed by atoms with E-state index in [4.69, 9.17) is 0 Å². The van der Waals surface area contributed by atoms with Crippen molar-refractivity contribution < 1.29 is 0 Å². The van der Waals surface area contributed by atoms with Crippen LogP contribution in [0.2, 0.25) is 0 Å². The van der Waals surface area contributed by atoms with Gasteiger partial charge in [0.05, 0.1) is 16.6 Å². The minimum atomic E-state index is 0.265. The Morgan fingerprint density at radius 2 is 0.654 bits per heavy atom. The van der Waals surface area contributed by atoms with Crippen LogP contribution in [0.5, 0.6) is 0 Å². The van der Waals surface area contributed by atoms with E-state index in [-0.39, 0.29) is 20.1 Å². The summed E-state index contributed by atoms with van der Waals surface area (Å²) in [6, 6.07) is 99.7. The molecule has 3 aliphatic rings. The fourth-order valence-electron chi connectivity index (χ4n) is 14.6. The summed E-state index contributed by atoms with van der Waals surface area (Å²) in [6.07, 6.45) is 0. The lowest BCUT2D eigenvalue weighted by atomic mass is 9.35. The summed E-state index contributed by atoms with van der Waals surface area (Å²) in [5, 5.41) is 8.04. The van der Waals surface area contributed by atoms with Gasteiger partial charge in [0.25, 0.3) is 0 Å². The number of nitrogens with zero attached hydrogens (tertiary/aromatic N) is 3. The molecule has 6 heteroatoms. The Labute approximate surface area is 473 Å². The number of aryl methyl sites for hydroxylation is 3. The van der Waals surface area contributed by atoms with E-state index >= 15 is 0 Å². The van der Waals surface area contributed by atoms with Crippen LogP contribution in [0.3, 0.4) is 0 Å². The molecule has 3 aromatic heterocycles. The van der Waals surface area contributed by atoms with Gasteiger partial charge in [-0.2, -0.15) is 0 Å². The smallest absolute Gasteiger partial charge is 0.247 e. The summed E-state index contributed by atoms with van der Waals surface area (Å²) in [6.45, 7) is 7.49. The van der Waals surface area contributed by atoms with Crippen LogP contribution < -0.4 is 49.2 Å². The first kappa shape index (κ1) is 47.3. The number of rotatable bonds is 3. The van der Waals surface area contributed by atoms with Crippen molar-refractivity contribution in [3.05, 3.63) is 290 Å². The number of hydrogen-bond acceptors (Lipinski definition) is 0. The number of aromatic nitrogens is 3. The minimum absolute atomic E-state index is 0.265. The van der Waals surface area contributed by atoms with Crippen molar-refractivity contribution in [3.63, 3.8) is 0 Å². The molecule has 0 atom stereocenters. The predicted molar refractivity (Wildman–Crippen MR) is 350 cm³/mol. The molecule has 0 N–H and O–H groups in total. The molecule has 378 valence electrons. The second-order valence-corrected chi connectivity index (χ2v) is 22.4. The number of fused-ring (bicyclic) bond motifs is 15. The molecule has 0 saturated carbocycles. The summed E-state index contributed by atoms with van der Waals surface area (Å²) in [5.41, 5.74) is 28.4. The average Bonchev–Trinajstić information content (AvgIpc) is 2.47. The molecule has 0 bridgehead atoms. The van der Waals surface area contributed by atoms with Gasteiger partial charge in [0, 0.05) is 65.9 Å². The van der Waals surface area contributed by atoms with Crippen LogP contribution >= 0.6 is 0 Å². The molecule has 0 aliphatic carbocycles. The Bertz CT molecular complexity index is 4990. The summed E-state index contributed by atoms with van der Waals surface area (Å²) < 4.78 is 7.40. The van der Waals surface area contributed by atoms with Gasteiger partial charge in [-0.3, -0.25) is 0 Å². The maximum absolute atomic E-state index is 2.47. The van der Waals surface area contributed by atoms with Gasteiger partial charge in [-0.1, -0.05) is 264 Å². The lowest BCUT2D eigenvalue weighted by molar-refractivity contribution is 1.19. The molecule has 15 aromatic rings. The third kappa shape index (κ3) is 7.12. The lowest BCUT2D eigenvalue weighted by Crippen LogP contribution is -2.56. The van der Waals surface area contributed by atoms with Gasteiger partial charge in [0.1, 0.15) is 0 Å². The van der Waals surface area contributed by atoms with Crippen LogP contribution in [0, 0.1) is 20.8 Å². The number of para-hydroxylation sites is 7. The van der Waals surface area contributed by atoms with Gasteiger partial charge in [0.15, 0.2) is 0 Å². The Morgan fingerprint density at radius 3 is 1.23 bits per heavy atom. The van der Waals surface area contributed by atoms with Gasteiger partial charge < -0.3 is 13.7 Å².